The standard InChI is InChI=1S/C32H24BrClN4S/c1-20-30(31(21-14-16-24(34)17-15-21)26-12-5-6-13-27(26)35-20)28-19-29(22-8-7-9-23(33)18-22)38(37-28)32(39)36-25-10-3-2-4-11-25/h2-18,29H,19H2,1H3,(H,36,39)/t29-/m0/s1. The fourth-order valence-corrected chi connectivity index (χ4v) is 5.96. The van der Waals surface area contributed by atoms with Gasteiger partial charge in [-0.1, -0.05) is 88.2 Å². The number of nitrogens with zero attached hydrogens (tertiary/aromatic N) is 3. The molecule has 0 bridgehead atoms. The van der Waals surface area contributed by atoms with Crippen LogP contribution in [-0.2, 0) is 0 Å². The van der Waals surface area contributed by atoms with Crippen LogP contribution < -0.4 is 5.32 Å². The van der Waals surface area contributed by atoms with Crippen LogP contribution in [0.15, 0.2) is 113 Å². The lowest BCUT2D eigenvalue weighted by atomic mass is 9.89. The van der Waals surface area contributed by atoms with Crippen LogP contribution in [0.3, 0.4) is 0 Å². The largest absolute Gasteiger partial charge is 0.331 e. The zero-order chi connectivity index (χ0) is 26.9. The van der Waals surface area contributed by atoms with E-state index in [1.165, 1.54) is 0 Å². The molecule has 0 radical (unpaired) electrons. The second kappa shape index (κ2) is 10.9. The molecule has 7 heteroatoms. The minimum absolute atomic E-state index is 0.0786. The lowest BCUT2D eigenvalue weighted by Crippen LogP contribution is -2.31. The van der Waals surface area contributed by atoms with Gasteiger partial charge >= 0.3 is 0 Å². The molecule has 4 aromatic carbocycles. The van der Waals surface area contributed by atoms with Crippen molar-refractivity contribution in [3.05, 3.63) is 129 Å². The van der Waals surface area contributed by atoms with Crippen molar-refractivity contribution < 1.29 is 0 Å². The number of aromatic nitrogens is 1. The van der Waals surface area contributed by atoms with Crippen molar-refractivity contribution in [2.45, 2.75) is 19.4 Å². The van der Waals surface area contributed by atoms with Gasteiger partial charge in [-0.15, -0.1) is 0 Å². The maximum absolute atomic E-state index is 6.27. The number of hydrogen-bond donors (Lipinski definition) is 1. The van der Waals surface area contributed by atoms with Gasteiger partial charge in [0.05, 0.1) is 17.3 Å². The second-order valence-corrected chi connectivity index (χ2v) is 11.2. The van der Waals surface area contributed by atoms with Gasteiger partial charge in [-0.05, 0) is 72.7 Å². The number of nitrogens with one attached hydrogen (secondary N) is 1. The molecule has 0 aliphatic carbocycles. The number of thiocarbonyl (C=S) groups is 1. The molecule has 0 amide bonds. The molecule has 1 atom stereocenters. The lowest BCUT2D eigenvalue weighted by Gasteiger charge is -2.25. The SMILES string of the molecule is Cc1nc2ccccc2c(-c2ccc(Cl)cc2)c1C1=NN(C(=S)Nc2ccccc2)[C@H](c2cccc(Br)c2)C1. The summed E-state index contributed by atoms with van der Waals surface area (Å²) in [5.74, 6) is 0. The van der Waals surface area contributed by atoms with E-state index in [9.17, 15) is 0 Å². The van der Waals surface area contributed by atoms with Crippen molar-refractivity contribution in [2.24, 2.45) is 5.10 Å². The van der Waals surface area contributed by atoms with Crippen LogP contribution >= 0.6 is 39.7 Å². The van der Waals surface area contributed by atoms with Crippen LogP contribution in [0.1, 0.15) is 29.3 Å². The molecular weight excluding hydrogens is 588 g/mol. The zero-order valence-electron chi connectivity index (χ0n) is 21.1. The van der Waals surface area contributed by atoms with Crippen LogP contribution in [0.4, 0.5) is 5.69 Å². The highest BCUT2D eigenvalue weighted by atomic mass is 79.9. The van der Waals surface area contributed by atoms with Gasteiger partial charge in [-0.2, -0.15) is 5.10 Å². The van der Waals surface area contributed by atoms with Gasteiger partial charge in [0.1, 0.15) is 0 Å². The fraction of sp³-hybridized carbons (Fsp3) is 0.0938. The van der Waals surface area contributed by atoms with E-state index >= 15 is 0 Å². The molecule has 1 aromatic heterocycles. The van der Waals surface area contributed by atoms with Gasteiger partial charge in [0.25, 0.3) is 0 Å². The molecule has 192 valence electrons. The Bertz CT molecular complexity index is 1720. The Labute approximate surface area is 246 Å². The monoisotopic (exact) mass is 610 g/mol. The maximum atomic E-state index is 6.27. The first-order valence-electron chi connectivity index (χ1n) is 12.6. The van der Waals surface area contributed by atoms with Crippen LogP contribution in [0.2, 0.25) is 5.02 Å². The molecule has 6 rings (SSSR count). The van der Waals surface area contributed by atoms with Crippen molar-refractivity contribution >= 4 is 67.2 Å². The Morgan fingerprint density at radius 1 is 0.923 bits per heavy atom. The van der Waals surface area contributed by atoms with Crippen molar-refractivity contribution in [2.75, 3.05) is 5.32 Å². The van der Waals surface area contributed by atoms with Crippen molar-refractivity contribution in [1.82, 2.24) is 9.99 Å². The third-order valence-corrected chi connectivity index (χ3v) is 7.91. The summed E-state index contributed by atoms with van der Waals surface area (Å²) in [6, 6.07) is 34.4. The molecule has 4 nitrogen and oxygen atoms in total. The number of fused-ring (bicyclic) bond motifs is 1. The van der Waals surface area contributed by atoms with Gasteiger partial charge in [-0.25, -0.2) is 5.01 Å². The minimum Gasteiger partial charge on any atom is -0.331 e. The second-order valence-electron chi connectivity index (χ2n) is 9.43. The van der Waals surface area contributed by atoms with E-state index in [0.717, 1.165) is 54.7 Å². The predicted octanol–water partition coefficient (Wildman–Crippen LogP) is 9.17. The Balaban J connectivity index is 1.51. The Morgan fingerprint density at radius 3 is 2.44 bits per heavy atom. The van der Waals surface area contributed by atoms with E-state index in [1.807, 2.05) is 65.7 Å². The number of benzene rings is 4. The van der Waals surface area contributed by atoms with E-state index in [4.69, 9.17) is 33.9 Å². The van der Waals surface area contributed by atoms with E-state index in [-0.39, 0.29) is 6.04 Å². The zero-order valence-corrected chi connectivity index (χ0v) is 24.3. The van der Waals surface area contributed by atoms with Crippen LogP contribution in [0, 0.1) is 6.92 Å². The average molecular weight is 612 g/mol. The predicted molar refractivity (Wildman–Crippen MR) is 169 cm³/mol. The highest BCUT2D eigenvalue weighted by Gasteiger charge is 2.34. The maximum Gasteiger partial charge on any atom is 0.194 e. The van der Waals surface area contributed by atoms with Crippen molar-refractivity contribution in [3.8, 4) is 11.1 Å². The highest BCUT2D eigenvalue weighted by molar-refractivity contribution is 9.10. The summed E-state index contributed by atoms with van der Waals surface area (Å²) in [4.78, 5) is 4.99. The first-order chi connectivity index (χ1) is 19.0. The fourth-order valence-electron chi connectivity index (χ4n) is 5.13. The van der Waals surface area contributed by atoms with Gasteiger partial charge in [0.2, 0.25) is 0 Å². The number of hydrazone groups is 1. The topological polar surface area (TPSA) is 40.5 Å². The summed E-state index contributed by atoms with van der Waals surface area (Å²) >= 11 is 15.8. The van der Waals surface area contributed by atoms with E-state index in [2.05, 4.69) is 70.6 Å². The first-order valence-corrected chi connectivity index (χ1v) is 14.2. The number of rotatable bonds is 4. The summed E-state index contributed by atoms with van der Waals surface area (Å²) in [5, 5.41) is 12.8. The van der Waals surface area contributed by atoms with Crippen LogP contribution in [-0.4, -0.2) is 20.8 Å². The Hall–Kier alpha value is -3.58. The summed E-state index contributed by atoms with van der Waals surface area (Å²) in [6.45, 7) is 2.06. The van der Waals surface area contributed by atoms with Crippen LogP contribution in [0.25, 0.3) is 22.0 Å². The summed E-state index contributed by atoms with van der Waals surface area (Å²) < 4.78 is 1.01. The number of hydrogen-bond acceptors (Lipinski definition) is 3. The number of anilines is 1. The molecule has 0 saturated heterocycles. The molecule has 1 aliphatic heterocycles. The average Bonchev–Trinajstić information content (AvgIpc) is 3.39. The normalized spacial score (nSPS) is 14.9. The molecule has 0 saturated carbocycles. The van der Waals surface area contributed by atoms with E-state index in [0.29, 0.717) is 16.6 Å². The van der Waals surface area contributed by atoms with Gasteiger partial charge in [0, 0.05) is 43.8 Å². The van der Waals surface area contributed by atoms with E-state index in [1.54, 1.807) is 0 Å². The van der Waals surface area contributed by atoms with Gasteiger partial charge in [0.15, 0.2) is 5.11 Å². The summed E-state index contributed by atoms with van der Waals surface area (Å²) in [5.41, 5.74) is 8.06. The molecule has 2 heterocycles. The molecule has 39 heavy (non-hydrogen) atoms. The molecular formula is C32H24BrClN4S. The molecule has 1 N–H and O–H groups in total. The molecule has 0 fully saturated rings. The van der Waals surface area contributed by atoms with E-state index < -0.39 is 0 Å². The molecule has 5 aromatic rings. The highest BCUT2D eigenvalue weighted by Crippen LogP contribution is 2.40. The number of para-hydroxylation sites is 2. The molecule has 0 unspecified atom stereocenters. The van der Waals surface area contributed by atoms with Crippen molar-refractivity contribution in [1.29, 1.82) is 0 Å². The van der Waals surface area contributed by atoms with Crippen LogP contribution in [0.5, 0.6) is 0 Å². The lowest BCUT2D eigenvalue weighted by molar-refractivity contribution is 0.375. The number of halogens is 2. The minimum atomic E-state index is -0.0786. The third kappa shape index (κ3) is 5.20. The smallest absolute Gasteiger partial charge is 0.194 e. The summed E-state index contributed by atoms with van der Waals surface area (Å²) in [6.07, 6.45) is 0.675. The molecule has 1 aliphatic rings. The van der Waals surface area contributed by atoms with Gasteiger partial charge < -0.3 is 5.32 Å². The first kappa shape index (κ1) is 25.7. The quantitative estimate of drug-likeness (QED) is 0.206. The van der Waals surface area contributed by atoms with Crippen molar-refractivity contribution in [3.63, 3.8) is 0 Å². The third-order valence-electron chi connectivity index (χ3n) is 6.87. The number of aryl methyl sites for hydroxylation is 1. The van der Waals surface area contributed by atoms with Gasteiger partial charge in [-0.3, -0.25) is 4.98 Å². The molecule has 0 spiro atoms. The number of pyridine rings is 1. The Morgan fingerprint density at radius 2 is 1.67 bits per heavy atom. The summed E-state index contributed by atoms with van der Waals surface area (Å²) in [7, 11) is 0. The Kier molecular flexibility index (Phi) is 7.17.